The molecule has 2 aromatic carbocycles. The smallest absolute Gasteiger partial charge is 0.255 e. The second kappa shape index (κ2) is 6.48. The van der Waals surface area contributed by atoms with Crippen LogP contribution in [0.1, 0.15) is 34.5 Å². The summed E-state index contributed by atoms with van der Waals surface area (Å²) in [5.41, 5.74) is 4.47. The van der Waals surface area contributed by atoms with E-state index in [0.29, 0.717) is 5.56 Å². The lowest BCUT2D eigenvalue weighted by atomic mass is 10.0. The van der Waals surface area contributed by atoms with Gasteiger partial charge in [0.05, 0.1) is 23.5 Å². The highest BCUT2D eigenvalue weighted by Crippen LogP contribution is 2.22. The second-order valence-corrected chi connectivity index (χ2v) is 5.63. The lowest BCUT2D eigenvalue weighted by Gasteiger charge is -2.14. The van der Waals surface area contributed by atoms with Crippen molar-refractivity contribution in [2.24, 2.45) is 0 Å². The topological polar surface area (TPSA) is 57.8 Å². The third-order valence-electron chi connectivity index (χ3n) is 3.84. The van der Waals surface area contributed by atoms with Crippen molar-refractivity contribution < 1.29 is 4.79 Å². The average Bonchev–Trinajstić information content (AvgIpc) is 3.05. The molecule has 1 heterocycles. The van der Waals surface area contributed by atoms with Crippen molar-refractivity contribution in [2.45, 2.75) is 19.9 Å². The summed E-state index contributed by atoms with van der Waals surface area (Å²) in [6.45, 7) is 4.00. The molecule has 3 aromatic rings. The first-order chi connectivity index (χ1) is 11.1. The molecular formula is C19H19N3O. The summed E-state index contributed by atoms with van der Waals surface area (Å²) >= 11 is 0. The summed E-state index contributed by atoms with van der Waals surface area (Å²) < 4.78 is 0. The van der Waals surface area contributed by atoms with E-state index in [0.717, 1.165) is 22.4 Å². The fourth-order valence-corrected chi connectivity index (χ4v) is 2.58. The molecule has 3 rings (SSSR count). The first-order valence-electron chi connectivity index (χ1n) is 7.61. The van der Waals surface area contributed by atoms with Gasteiger partial charge in [-0.1, -0.05) is 54.1 Å². The van der Waals surface area contributed by atoms with Gasteiger partial charge in [-0.05, 0) is 25.5 Å². The van der Waals surface area contributed by atoms with Crippen LogP contribution in [0.5, 0.6) is 0 Å². The van der Waals surface area contributed by atoms with Crippen LogP contribution in [0.4, 0.5) is 0 Å². The molecule has 116 valence electrons. The van der Waals surface area contributed by atoms with E-state index in [1.54, 1.807) is 6.20 Å². The third-order valence-corrected chi connectivity index (χ3v) is 3.84. The summed E-state index contributed by atoms with van der Waals surface area (Å²) in [5.74, 6) is -0.133. The molecule has 0 spiro atoms. The number of rotatable bonds is 4. The van der Waals surface area contributed by atoms with Gasteiger partial charge in [-0.2, -0.15) is 5.10 Å². The molecule has 0 aliphatic heterocycles. The molecule has 0 unspecified atom stereocenters. The van der Waals surface area contributed by atoms with E-state index >= 15 is 0 Å². The number of aromatic amines is 1. The van der Waals surface area contributed by atoms with Crippen LogP contribution in [-0.4, -0.2) is 16.1 Å². The number of aromatic nitrogens is 2. The minimum Gasteiger partial charge on any atom is -0.345 e. The zero-order valence-corrected chi connectivity index (χ0v) is 13.2. The largest absolute Gasteiger partial charge is 0.345 e. The van der Waals surface area contributed by atoms with Crippen molar-refractivity contribution in [3.05, 3.63) is 77.5 Å². The third kappa shape index (κ3) is 3.31. The van der Waals surface area contributed by atoms with Gasteiger partial charge in [0.1, 0.15) is 0 Å². The van der Waals surface area contributed by atoms with Crippen LogP contribution >= 0.6 is 0 Å². The molecule has 0 aliphatic rings. The molecule has 0 fully saturated rings. The van der Waals surface area contributed by atoms with Crippen LogP contribution in [0.2, 0.25) is 0 Å². The molecule has 0 radical (unpaired) electrons. The van der Waals surface area contributed by atoms with E-state index in [1.165, 1.54) is 0 Å². The zero-order valence-electron chi connectivity index (χ0n) is 13.2. The number of hydrogen-bond acceptors (Lipinski definition) is 2. The molecule has 4 heteroatoms. The summed E-state index contributed by atoms with van der Waals surface area (Å²) in [7, 11) is 0. The maximum absolute atomic E-state index is 12.6. The van der Waals surface area contributed by atoms with Crippen LogP contribution in [0.15, 0.2) is 60.8 Å². The summed E-state index contributed by atoms with van der Waals surface area (Å²) in [6, 6.07) is 17.8. The Balaban J connectivity index is 1.83. The Morgan fingerprint density at radius 1 is 1.13 bits per heavy atom. The summed E-state index contributed by atoms with van der Waals surface area (Å²) in [6.07, 6.45) is 1.57. The first kappa shape index (κ1) is 15.0. The number of nitrogens with one attached hydrogen (secondary N) is 2. The molecule has 0 saturated heterocycles. The molecule has 1 amide bonds. The standard InChI is InChI=1S/C19H19N3O/c1-13-7-6-10-16(11-13)18-17(12-20-22-18)19(23)21-14(2)15-8-4-3-5-9-15/h3-12,14H,1-2H3,(H,20,22)(H,21,23)/t14-/m1/s1. The second-order valence-electron chi connectivity index (χ2n) is 5.63. The maximum atomic E-state index is 12.6. The van der Waals surface area contributed by atoms with E-state index in [2.05, 4.69) is 15.5 Å². The van der Waals surface area contributed by atoms with Gasteiger partial charge in [-0.25, -0.2) is 0 Å². The molecule has 0 saturated carbocycles. The van der Waals surface area contributed by atoms with Gasteiger partial charge in [0.2, 0.25) is 0 Å². The van der Waals surface area contributed by atoms with Crippen molar-refractivity contribution >= 4 is 5.91 Å². The summed E-state index contributed by atoms with van der Waals surface area (Å²) in [5, 5.41) is 10.0. The highest BCUT2D eigenvalue weighted by Gasteiger charge is 2.17. The van der Waals surface area contributed by atoms with E-state index in [9.17, 15) is 4.79 Å². The van der Waals surface area contributed by atoms with Gasteiger partial charge >= 0.3 is 0 Å². The minimum atomic E-state index is -0.133. The van der Waals surface area contributed by atoms with Gasteiger partial charge in [0, 0.05) is 5.56 Å². The number of hydrogen-bond donors (Lipinski definition) is 2. The van der Waals surface area contributed by atoms with Gasteiger partial charge < -0.3 is 5.32 Å². The normalized spacial score (nSPS) is 11.9. The molecule has 1 aromatic heterocycles. The average molecular weight is 305 g/mol. The lowest BCUT2D eigenvalue weighted by molar-refractivity contribution is 0.0940. The molecule has 0 bridgehead atoms. The number of aryl methyl sites for hydroxylation is 1. The van der Waals surface area contributed by atoms with Gasteiger partial charge in [-0.15, -0.1) is 0 Å². The fourth-order valence-electron chi connectivity index (χ4n) is 2.58. The van der Waals surface area contributed by atoms with E-state index in [1.807, 2.05) is 68.4 Å². The Kier molecular flexibility index (Phi) is 4.24. The molecule has 2 N–H and O–H groups in total. The zero-order chi connectivity index (χ0) is 16.2. The Bertz CT molecular complexity index is 808. The van der Waals surface area contributed by atoms with Crippen molar-refractivity contribution in [1.29, 1.82) is 0 Å². The molecular weight excluding hydrogens is 286 g/mol. The number of nitrogens with zero attached hydrogens (tertiary/aromatic N) is 1. The fraction of sp³-hybridized carbons (Fsp3) is 0.158. The number of benzene rings is 2. The molecule has 4 nitrogen and oxygen atoms in total. The van der Waals surface area contributed by atoms with Gasteiger partial charge in [0.25, 0.3) is 5.91 Å². The van der Waals surface area contributed by atoms with E-state index in [-0.39, 0.29) is 11.9 Å². The number of carbonyl (C=O) groups is 1. The maximum Gasteiger partial charge on any atom is 0.255 e. The predicted molar refractivity (Wildman–Crippen MR) is 91.1 cm³/mol. The van der Waals surface area contributed by atoms with Gasteiger partial charge in [-0.3, -0.25) is 9.89 Å². The van der Waals surface area contributed by atoms with Crippen LogP contribution in [-0.2, 0) is 0 Å². The highest BCUT2D eigenvalue weighted by molar-refractivity contribution is 5.99. The van der Waals surface area contributed by atoms with Gasteiger partial charge in [0.15, 0.2) is 0 Å². The lowest BCUT2D eigenvalue weighted by Crippen LogP contribution is -2.26. The minimum absolute atomic E-state index is 0.0658. The molecule has 0 aliphatic carbocycles. The van der Waals surface area contributed by atoms with Crippen LogP contribution in [0.3, 0.4) is 0 Å². The van der Waals surface area contributed by atoms with E-state index < -0.39 is 0 Å². The van der Waals surface area contributed by atoms with Crippen LogP contribution in [0, 0.1) is 6.92 Å². The SMILES string of the molecule is Cc1cccc(-c2[nH]ncc2C(=O)N[C@H](C)c2ccccc2)c1. The number of carbonyl (C=O) groups excluding carboxylic acids is 1. The predicted octanol–water partition coefficient (Wildman–Crippen LogP) is 3.88. The monoisotopic (exact) mass is 305 g/mol. The van der Waals surface area contributed by atoms with Crippen molar-refractivity contribution in [3.63, 3.8) is 0 Å². The quantitative estimate of drug-likeness (QED) is 0.768. The summed E-state index contributed by atoms with van der Waals surface area (Å²) in [4.78, 5) is 12.6. The van der Waals surface area contributed by atoms with Crippen molar-refractivity contribution in [3.8, 4) is 11.3 Å². The Labute approximate surface area is 135 Å². The Morgan fingerprint density at radius 2 is 1.91 bits per heavy atom. The van der Waals surface area contributed by atoms with E-state index in [4.69, 9.17) is 0 Å². The van der Waals surface area contributed by atoms with Crippen molar-refractivity contribution in [1.82, 2.24) is 15.5 Å². The van der Waals surface area contributed by atoms with Crippen LogP contribution < -0.4 is 5.32 Å². The highest BCUT2D eigenvalue weighted by atomic mass is 16.1. The number of amides is 1. The number of H-pyrrole nitrogens is 1. The van der Waals surface area contributed by atoms with Crippen LogP contribution in [0.25, 0.3) is 11.3 Å². The molecule has 23 heavy (non-hydrogen) atoms. The Hall–Kier alpha value is -2.88. The van der Waals surface area contributed by atoms with Crippen molar-refractivity contribution in [2.75, 3.05) is 0 Å². The Morgan fingerprint density at radius 3 is 2.65 bits per heavy atom. The molecule has 1 atom stereocenters. The first-order valence-corrected chi connectivity index (χ1v) is 7.61.